The third-order valence-corrected chi connectivity index (χ3v) is 15.4. The summed E-state index contributed by atoms with van der Waals surface area (Å²) in [5, 5.41) is 1.08. The first-order chi connectivity index (χ1) is 33.2. The molecule has 1 aliphatic carbocycles. The summed E-state index contributed by atoms with van der Waals surface area (Å²) in [7, 11) is 0. The molecule has 0 amide bonds. The van der Waals surface area contributed by atoms with E-state index in [1.165, 1.54) is 27.8 Å². The van der Waals surface area contributed by atoms with Gasteiger partial charge < -0.3 is 14.2 Å². The third kappa shape index (κ3) is 7.39. The molecule has 0 bridgehead atoms. The van der Waals surface area contributed by atoms with Crippen LogP contribution in [0.25, 0.3) is 22.1 Å². The largest absolute Gasteiger partial charge is 0.468 e. The van der Waals surface area contributed by atoms with Crippen LogP contribution in [0.4, 0.5) is 34.1 Å². The van der Waals surface area contributed by atoms with Crippen LogP contribution in [-0.2, 0) is 32.5 Å². The van der Waals surface area contributed by atoms with Crippen molar-refractivity contribution in [3.8, 4) is 11.1 Å². The molecule has 0 radical (unpaired) electrons. The molecule has 3 heterocycles. The topological polar surface area (TPSA) is 19.6 Å². The van der Waals surface area contributed by atoms with Crippen LogP contribution in [0.3, 0.4) is 0 Å². The van der Waals surface area contributed by atoms with Crippen LogP contribution in [0.1, 0.15) is 169 Å². The molecule has 0 saturated carbocycles. The molecule has 10 rings (SSSR count). The zero-order chi connectivity index (χ0) is 52.5. The Hall–Kier alpha value is -5.48. The van der Waals surface area contributed by atoms with Crippen molar-refractivity contribution in [3.63, 3.8) is 0 Å². The van der Waals surface area contributed by atoms with Crippen molar-refractivity contribution >= 4 is 68.4 Å². The van der Waals surface area contributed by atoms with Gasteiger partial charge >= 0.3 is 0 Å². The Bertz CT molecular complexity index is 3380. The van der Waals surface area contributed by atoms with E-state index < -0.39 is 6.04 Å². The summed E-state index contributed by atoms with van der Waals surface area (Å²) in [6.07, 6.45) is 2.08. The molecule has 0 fully saturated rings. The van der Waals surface area contributed by atoms with Crippen molar-refractivity contribution in [2.75, 3.05) is 9.80 Å². The molecule has 344 valence electrons. The minimum absolute atomic E-state index is 0.107. The van der Waals surface area contributed by atoms with E-state index in [2.05, 4.69) is 206 Å². The van der Waals surface area contributed by atoms with Crippen LogP contribution in [0, 0.1) is 6.92 Å². The molecule has 1 aromatic heterocycles. The molecule has 0 spiro atoms. The smallest absolute Gasteiger partial charge is 0.297 e. The van der Waals surface area contributed by atoms with Gasteiger partial charge in [-0.2, -0.15) is 0 Å². The number of benzene rings is 6. The number of fused-ring (bicyclic) bond motifs is 7. The highest BCUT2D eigenvalue weighted by Gasteiger charge is 2.49. The zero-order valence-electron chi connectivity index (χ0n) is 48.3. The maximum absolute atomic E-state index is 9.48. The highest BCUT2D eigenvalue weighted by atomic mass is 16.3. The first-order valence-corrected chi connectivity index (χ1v) is 24.6. The van der Waals surface area contributed by atoms with E-state index in [9.17, 15) is 2.74 Å². The second-order valence-electron chi connectivity index (χ2n) is 25.6. The average Bonchev–Trinajstić information content (AvgIpc) is 3.66. The van der Waals surface area contributed by atoms with E-state index in [1.54, 1.807) is 0 Å². The van der Waals surface area contributed by atoms with E-state index >= 15 is 0 Å². The molecular weight excluding hydrogens is 812 g/mol. The zero-order valence-corrected chi connectivity index (χ0v) is 43.3. The molecule has 0 saturated heterocycles. The van der Waals surface area contributed by atoms with Gasteiger partial charge in [0.25, 0.3) is 6.71 Å². The van der Waals surface area contributed by atoms with Gasteiger partial charge in [0, 0.05) is 33.7 Å². The van der Waals surface area contributed by atoms with Gasteiger partial charge in [-0.1, -0.05) is 165 Å². The number of aryl methyl sites for hydroxylation is 1. The second-order valence-corrected chi connectivity index (χ2v) is 25.6. The molecule has 3 nitrogen and oxygen atoms in total. The SMILES string of the molecule is [2H]c1c([2H])c([2H])c(-c2cc(C(C)(C)C)ccc2N2c3cc4c(cc3B3c5oc6ccc(C(C)(C)C)cc6c5N(c5cc(C(C)(C)C)cc(C(C)(C)C)c5)c5cc(C)cc2c53)C(C)(C)CCC4(C)C)c([2H])c1[2H]. The first-order valence-electron chi connectivity index (χ1n) is 27.1. The maximum Gasteiger partial charge on any atom is 0.297 e. The Kier molecular flexibility index (Phi) is 8.71. The highest BCUT2D eigenvalue weighted by molar-refractivity contribution is 7.00. The van der Waals surface area contributed by atoms with Crippen LogP contribution in [0.2, 0.25) is 0 Å². The van der Waals surface area contributed by atoms with Gasteiger partial charge in [-0.05, 0) is 162 Å². The number of nitrogens with zero attached hydrogens (tertiary/aromatic N) is 2. The predicted octanol–water partition coefficient (Wildman–Crippen LogP) is 16.0. The number of hydrogen-bond donors (Lipinski definition) is 0. The lowest BCUT2D eigenvalue weighted by molar-refractivity contribution is 0.332. The lowest BCUT2D eigenvalue weighted by atomic mass is 9.35. The quantitative estimate of drug-likeness (QED) is 0.165. The number of rotatable bonds is 3. The minimum Gasteiger partial charge on any atom is -0.468 e. The number of hydrogen-bond acceptors (Lipinski definition) is 3. The van der Waals surface area contributed by atoms with Crippen molar-refractivity contribution in [1.29, 1.82) is 0 Å². The standard InChI is InChI=1S/C63H73BN2O/c1-38-29-52-55-53(30-38)66(50-25-23-40(58(2,3)4)34-45(50)39-21-19-18-20-22-39)51-37-48-47(62(14,15)27-28-63(48,16)17)36-49(51)64(55)57-56(46-35-41(59(5,6)7)24-26-54(46)67-57)65(52)44-32-42(60(8,9)10)31-43(33-44)61(11,12)13/h18-26,29-37H,27-28H2,1-17H3/i18D,19D,20D,21D,22D. The van der Waals surface area contributed by atoms with Crippen molar-refractivity contribution in [2.24, 2.45) is 0 Å². The van der Waals surface area contributed by atoms with E-state index in [0.29, 0.717) is 5.56 Å². The monoisotopic (exact) mass is 890 g/mol. The summed E-state index contributed by atoms with van der Waals surface area (Å²) >= 11 is 0. The Balaban J connectivity index is 1.41. The van der Waals surface area contributed by atoms with E-state index in [4.69, 9.17) is 8.53 Å². The van der Waals surface area contributed by atoms with Gasteiger partial charge in [0.2, 0.25) is 0 Å². The Morgan fingerprint density at radius 2 is 1.09 bits per heavy atom. The Morgan fingerprint density at radius 1 is 0.552 bits per heavy atom. The highest BCUT2D eigenvalue weighted by Crippen LogP contribution is 2.53. The van der Waals surface area contributed by atoms with E-state index in [0.717, 1.165) is 85.6 Å². The fourth-order valence-electron chi connectivity index (χ4n) is 11.1. The predicted molar refractivity (Wildman–Crippen MR) is 290 cm³/mol. The van der Waals surface area contributed by atoms with Crippen molar-refractivity contribution in [1.82, 2.24) is 0 Å². The molecule has 7 aromatic rings. The fraction of sp³-hybridized carbons (Fsp3) is 0.397. The van der Waals surface area contributed by atoms with Gasteiger partial charge in [-0.3, -0.25) is 0 Å². The second kappa shape index (κ2) is 14.8. The van der Waals surface area contributed by atoms with Crippen LogP contribution in [-0.4, -0.2) is 6.71 Å². The normalized spacial score (nSPS) is 17.5. The summed E-state index contributed by atoms with van der Waals surface area (Å²) in [4.78, 5) is 4.86. The van der Waals surface area contributed by atoms with Crippen LogP contribution in [0.5, 0.6) is 0 Å². The maximum atomic E-state index is 9.48. The number of furan rings is 1. The lowest BCUT2D eigenvalue weighted by Crippen LogP contribution is -2.61. The van der Waals surface area contributed by atoms with Crippen molar-refractivity contribution in [2.45, 2.75) is 163 Å². The summed E-state index contributed by atoms with van der Waals surface area (Å²) in [5.41, 5.74) is 18.2. The minimum atomic E-state index is -0.404. The molecule has 67 heavy (non-hydrogen) atoms. The number of anilines is 6. The van der Waals surface area contributed by atoms with Crippen LogP contribution < -0.4 is 26.4 Å². The molecular formula is C63H73BN2O. The Labute approximate surface area is 410 Å². The third-order valence-electron chi connectivity index (χ3n) is 15.4. The van der Waals surface area contributed by atoms with Gasteiger partial charge in [0.1, 0.15) is 5.58 Å². The molecule has 0 unspecified atom stereocenters. The fourth-order valence-corrected chi connectivity index (χ4v) is 11.1. The first kappa shape index (κ1) is 39.5. The molecule has 0 N–H and O–H groups in total. The Morgan fingerprint density at radius 3 is 1.67 bits per heavy atom. The van der Waals surface area contributed by atoms with E-state index in [-0.39, 0.29) is 68.9 Å². The van der Waals surface area contributed by atoms with Gasteiger partial charge in [0.15, 0.2) is 0 Å². The molecule has 4 heteroatoms. The summed E-state index contributed by atoms with van der Waals surface area (Å²) in [5.74, 6) is 0. The van der Waals surface area contributed by atoms with Crippen molar-refractivity contribution < 1.29 is 11.3 Å². The summed E-state index contributed by atoms with van der Waals surface area (Å²) in [6.45, 7) is 38.5. The summed E-state index contributed by atoms with van der Waals surface area (Å²) in [6, 6.07) is 28.3. The molecule has 6 aromatic carbocycles. The van der Waals surface area contributed by atoms with Gasteiger partial charge in [-0.25, -0.2) is 0 Å². The van der Waals surface area contributed by atoms with Crippen LogP contribution in [0.15, 0.2) is 113 Å². The average molecular weight is 890 g/mol. The van der Waals surface area contributed by atoms with Gasteiger partial charge in [-0.15, -0.1) is 0 Å². The molecule has 3 aliphatic rings. The molecule has 0 atom stereocenters. The van der Waals surface area contributed by atoms with E-state index in [1.807, 2.05) is 0 Å². The summed E-state index contributed by atoms with van der Waals surface area (Å²) < 4.78 is 53.0. The van der Waals surface area contributed by atoms with Crippen molar-refractivity contribution in [3.05, 3.63) is 148 Å². The lowest BCUT2D eigenvalue weighted by Gasteiger charge is -2.47. The van der Waals surface area contributed by atoms with Crippen LogP contribution >= 0.6 is 0 Å². The van der Waals surface area contributed by atoms with Gasteiger partial charge in [0.05, 0.1) is 23.9 Å². The molecule has 2 aliphatic heterocycles.